The molecule has 1 fully saturated rings. The Labute approximate surface area is 122 Å². The molecule has 4 heteroatoms. The smallest absolute Gasteiger partial charge is 0.127 e. The Morgan fingerprint density at radius 1 is 1.42 bits per heavy atom. The molecule has 0 amide bonds. The van der Waals surface area contributed by atoms with Crippen LogP contribution in [-0.4, -0.2) is 23.3 Å². The lowest BCUT2D eigenvalue weighted by atomic mass is 9.78. The summed E-state index contributed by atoms with van der Waals surface area (Å²) in [6.07, 6.45) is 3.80. The predicted octanol–water partition coefficient (Wildman–Crippen LogP) is 3.41. The summed E-state index contributed by atoms with van der Waals surface area (Å²) in [5, 5.41) is 14.0. The fourth-order valence-electron chi connectivity index (χ4n) is 2.84. The zero-order chi connectivity index (χ0) is 13.9. The molecule has 0 saturated heterocycles. The second-order valence-electron chi connectivity index (χ2n) is 5.47. The minimum atomic E-state index is -0.749. The normalized spacial score (nSPS) is 27.5. The molecule has 0 atom stereocenters. The van der Waals surface area contributed by atoms with Crippen molar-refractivity contribution in [3.8, 4) is 0 Å². The Kier molecular flexibility index (Phi) is 4.98. The Hall–Kier alpha value is -0.450. The van der Waals surface area contributed by atoms with E-state index in [-0.39, 0.29) is 5.82 Å². The molecule has 106 valence electrons. The molecule has 2 rings (SSSR count). The highest BCUT2D eigenvalue weighted by Gasteiger charge is 2.33. The van der Waals surface area contributed by atoms with Crippen molar-refractivity contribution in [3.05, 3.63) is 34.1 Å². The lowest BCUT2D eigenvalue weighted by molar-refractivity contribution is -0.00360. The van der Waals surface area contributed by atoms with Crippen molar-refractivity contribution in [2.45, 2.75) is 50.7 Å². The second kappa shape index (κ2) is 6.33. The van der Waals surface area contributed by atoms with Crippen LogP contribution >= 0.6 is 15.9 Å². The Morgan fingerprint density at radius 3 is 2.68 bits per heavy atom. The molecule has 0 unspecified atom stereocenters. The molecule has 0 aliphatic heterocycles. The fraction of sp³-hybridized carbons (Fsp3) is 0.600. The van der Waals surface area contributed by atoms with Gasteiger partial charge < -0.3 is 10.4 Å². The molecule has 1 aromatic carbocycles. The van der Waals surface area contributed by atoms with E-state index in [0.717, 1.165) is 36.7 Å². The van der Waals surface area contributed by atoms with Crippen LogP contribution in [0.25, 0.3) is 0 Å². The summed E-state index contributed by atoms with van der Waals surface area (Å²) in [7, 11) is 0. The molecule has 1 aliphatic rings. The summed E-state index contributed by atoms with van der Waals surface area (Å²) in [5.41, 5.74) is -0.145. The van der Waals surface area contributed by atoms with Gasteiger partial charge in [0, 0.05) is 16.9 Å². The van der Waals surface area contributed by atoms with E-state index in [1.165, 1.54) is 6.07 Å². The van der Waals surface area contributed by atoms with Crippen molar-refractivity contribution < 1.29 is 9.50 Å². The summed E-state index contributed by atoms with van der Waals surface area (Å²) in [4.78, 5) is 0. The highest BCUT2D eigenvalue weighted by Crippen LogP contribution is 2.32. The van der Waals surface area contributed by atoms with Crippen LogP contribution in [-0.2, 0) is 6.42 Å². The number of benzene rings is 1. The first-order chi connectivity index (χ1) is 9.02. The molecule has 2 N–H and O–H groups in total. The van der Waals surface area contributed by atoms with E-state index < -0.39 is 5.60 Å². The van der Waals surface area contributed by atoms with Gasteiger partial charge in [-0.2, -0.15) is 0 Å². The van der Waals surface area contributed by atoms with Gasteiger partial charge in [-0.3, -0.25) is 0 Å². The zero-order valence-electron chi connectivity index (χ0n) is 11.3. The summed E-state index contributed by atoms with van der Waals surface area (Å²) in [5.74, 6) is -0.239. The van der Waals surface area contributed by atoms with Gasteiger partial charge in [0.05, 0.1) is 5.60 Å². The second-order valence-corrected chi connectivity index (χ2v) is 6.38. The molecule has 1 saturated carbocycles. The van der Waals surface area contributed by atoms with Crippen molar-refractivity contribution in [3.63, 3.8) is 0 Å². The van der Waals surface area contributed by atoms with Crippen LogP contribution in [0, 0.1) is 5.82 Å². The van der Waals surface area contributed by atoms with E-state index in [2.05, 4.69) is 28.2 Å². The molecular formula is C15H21BrFNO. The van der Waals surface area contributed by atoms with Crippen molar-refractivity contribution >= 4 is 15.9 Å². The molecule has 0 aromatic heterocycles. The molecule has 0 spiro atoms. The minimum Gasteiger partial charge on any atom is -0.390 e. The number of nitrogens with one attached hydrogen (secondary N) is 1. The van der Waals surface area contributed by atoms with Gasteiger partial charge in [0.2, 0.25) is 0 Å². The SMILES string of the molecule is CCNC1CCC(O)(Cc2ccc(Br)cc2F)CC1. The summed E-state index contributed by atoms with van der Waals surface area (Å²) in [6, 6.07) is 5.54. The van der Waals surface area contributed by atoms with Crippen molar-refractivity contribution in [2.24, 2.45) is 0 Å². The first-order valence-corrected chi connectivity index (χ1v) is 7.71. The maximum Gasteiger partial charge on any atom is 0.127 e. The van der Waals surface area contributed by atoms with Gasteiger partial charge >= 0.3 is 0 Å². The van der Waals surface area contributed by atoms with Crippen LogP contribution in [0.5, 0.6) is 0 Å². The lowest BCUT2D eigenvalue weighted by Crippen LogP contribution is -2.42. The zero-order valence-corrected chi connectivity index (χ0v) is 12.8. The summed E-state index contributed by atoms with van der Waals surface area (Å²) < 4.78 is 14.6. The van der Waals surface area contributed by atoms with Gasteiger partial charge in [-0.15, -0.1) is 0 Å². The topological polar surface area (TPSA) is 32.3 Å². The number of halogens is 2. The monoisotopic (exact) mass is 329 g/mol. The Bertz CT molecular complexity index is 430. The van der Waals surface area contributed by atoms with E-state index in [1.54, 1.807) is 6.07 Å². The van der Waals surface area contributed by atoms with Gasteiger partial charge in [-0.1, -0.05) is 28.9 Å². The van der Waals surface area contributed by atoms with E-state index in [9.17, 15) is 9.50 Å². The summed E-state index contributed by atoms with van der Waals surface area (Å²) in [6.45, 7) is 3.06. The van der Waals surface area contributed by atoms with Gasteiger partial charge in [-0.25, -0.2) is 4.39 Å². The Balaban J connectivity index is 1.99. The average molecular weight is 330 g/mol. The van der Waals surface area contributed by atoms with Crippen LogP contribution in [0.2, 0.25) is 0 Å². The maximum atomic E-state index is 13.8. The van der Waals surface area contributed by atoms with Crippen LogP contribution in [0.15, 0.2) is 22.7 Å². The third kappa shape index (κ3) is 4.01. The van der Waals surface area contributed by atoms with E-state index >= 15 is 0 Å². The number of rotatable bonds is 4. The first-order valence-electron chi connectivity index (χ1n) is 6.92. The third-order valence-electron chi connectivity index (χ3n) is 3.94. The number of hydrogen-bond acceptors (Lipinski definition) is 2. The van der Waals surface area contributed by atoms with Crippen LogP contribution < -0.4 is 5.32 Å². The van der Waals surface area contributed by atoms with E-state index in [0.29, 0.717) is 18.0 Å². The molecular weight excluding hydrogens is 309 g/mol. The lowest BCUT2D eigenvalue weighted by Gasteiger charge is -2.36. The van der Waals surface area contributed by atoms with Crippen LogP contribution in [0.4, 0.5) is 4.39 Å². The van der Waals surface area contributed by atoms with Gasteiger partial charge in [0.1, 0.15) is 5.82 Å². The molecule has 0 bridgehead atoms. The highest BCUT2D eigenvalue weighted by atomic mass is 79.9. The fourth-order valence-corrected chi connectivity index (χ4v) is 3.18. The highest BCUT2D eigenvalue weighted by molar-refractivity contribution is 9.10. The molecule has 1 aromatic rings. The minimum absolute atomic E-state index is 0.239. The van der Waals surface area contributed by atoms with Crippen molar-refractivity contribution in [1.29, 1.82) is 0 Å². The molecule has 19 heavy (non-hydrogen) atoms. The standard InChI is InChI=1S/C15H21BrFNO/c1-2-18-13-5-7-15(19,8-6-13)10-11-3-4-12(16)9-14(11)17/h3-4,9,13,18-19H,2,5-8,10H2,1H3. The number of hydrogen-bond donors (Lipinski definition) is 2. The predicted molar refractivity (Wildman–Crippen MR) is 78.7 cm³/mol. The summed E-state index contributed by atoms with van der Waals surface area (Å²) >= 11 is 3.25. The van der Waals surface area contributed by atoms with Crippen molar-refractivity contribution in [1.82, 2.24) is 5.32 Å². The van der Waals surface area contributed by atoms with Crippen molar-refractivity contribution in [2.75, 3.05) is 6.54 Å². The largest absolute Gasteiger partial charge is 0.390 e. The van der Waals surface area contributed by atoms with E-state index in [4.69, 9.17) is 0 Å². The van der Waals surface area contributed by atoms with Crippen LogP contribution in [0.1, 0.15) is 38.2 Å². The van der Waals surface area contributed by atoms with Crippen LogP contribution in [0.3, 0.4) is 0 Å². The molecule has 0 heterocycles. The average Bonchev–Trinajstić information content (AvgIpc) is 2.36. The van der Waals surface area contributed by atoms with Gasteiger partial charge in [0.15, 0.2) is 0 Å². The molecule has 0 radical (unpaired) electrons. The van der Waals surface area contributed by atoms with Gasteiger partial charge in [0.25, 0.3) is 0 Å². The third-order valence-corrected chi connectivity index (χ3v) is 4.44. The molecule has 1 aliphatic carbocycles. The number of aliphatic hydroxyl groups is 1. The van der Waals surface area contributed by atoms with E-state index in [1.807, 2.05) is 6.07 Å². The van der Waals surface area contributed by atoms with Gasteiger partial charge in [-0.05, 0) is 49.9 Å². The Morgan fingerprint density at radius 2 is 2.11 bits per heavy atom. The maximum absolute atomic E-state index is 13.8. The molecule has 2 nitrogen and oxygen atoms in total. The quantitative estimate of drug-likeness (QED) is 0.887. The first kappa shape index (κ1) is 14.9.